The van der Waals surface area contributed by atoms with Crippen molar-refractivity contribution >= 4 is 17.2 Å². The minimum absolute atomic E-state index is 0.0894. The molecule has 1 aliphatic rings. The molecule has 1 fully saturated rings. The summed E-state index contributed by atoms with van der Waals surface area (Å²) in [5, 5.41) is 15.1. The van der Waals surface area contributed by atoms with E-state index in [4.69, 9.17) is 0 Å². The number of thiophene rings is 1. The molecule has 0 bridgehead atoms. The van der Waals surface area contributed by atoms with Gasteiger partial charge in [0.1, 0.15) is 0 Å². The molecule has 1 aliphatic heterocycles. The molecule has 1 aromatic heterocycles. The maximum absolute atomic E-state index is 12.1. The van der Waals surface area contributed by atoms with Gasteiger partial charge in [-0.2, -0.15) is 0 Å². The first-order valence-corrected chi connectivity index (χ1v) is 6.72. The first-order valence-electron chi connectivity index (χ1n) is 5.84. The number of piperidine rings is 1. The number of amides is 1. The van der Waals surface area contributed by atoms with Crippen LogP contribution in [0.15, 0.2) is 17.5 Å². The summed E-state index contributed by atoms with van der Waals surface area (Å²) in [6, 6.07) is 3.74. The van der Waals surface area contributed by atoms with Crippen molar-refractivity contribution in [2.75, 3.05) is 26.7 Å². The van der Waals surface area contributed by atoms with E-state index >= 15 is 0 Å². The third-order valence-electron chi connectivity index (χ3n) is 3.22. The van der Waals surface area contributed by atoms with Crippen molar-refractivity contribution in [1.29, 1.82) is 0 Å². The van der Waals surface area contributed by atoms with Gasteiger partial charge < -0.3 is 15.3 Å². The maximum atomic E-state index is 12.1. The van der Waals surface area contributed by atoms with Crippen molar-refractivity contribution in [3.05, 3.63) is 22.4 Å². The van der Waals surface area contributed by atoms with Crippen LogP contribution in [0.2, 0.25) is 0 Å². The van der Waals surface area contributed by atoms with Crippen LogP contribution in [0, 0.1) is 0 Å². The molecule has 2 rings (SSSR count). The zero-order valence-corrected chi connectivity index (χ0v) is 10.8. The fraction of sp³-hybridized carbons (Fsp3) is 0.583. The highest BCUT2D eigenvalue weighted by Crippen LogP contribution is 2.23. The lowest BCUT2D eigenvalue weighted by atomic mass is 9.91. The molecule has 0 radical (unpaired) electrons. The fourth-order valence-electron chi connectivity index (χ4n) is 2.19. The van der Waals surface area contributed by atoms with E-state index < -0.39 is 5.60 Å². The van der Waals surface area contributed by atoms with Gasteiger partial charge in [-0.3, -0.25) is 4.79 Å². The van der Waals surface area contributed by atoms with Crippen molar-refractivity contribution in [2.24, 2.45) is 0 Å². The van der Waals surface area contributed by atoms with Crippen LogP contribution < -0.4 is 5.32 Å². The Morgan fingerprint density at radius 3 is 2.82 bits per heavy atom. The lowest BCUT2D eigenvalue weighted by molar-refractivity contribution is -0.0142. The molecule has 2 heterocycles. The summed E-state index contributed by atoms with van der Waals surface area (Å²) >= 11 is 1.47. The predicted octanol–water partition coefficient (Wildman–Crippen LogP) is 0.935. The molecule has 0 atom stereocenters. The van der Waals surface area contributed by atoms with E-state index in [1.54, 1.807) is 0 Å². The van der Waals surface area contributed by atoms with Crippen LogP contribution in [-0.4, -0.2) is 48.2 Å². The Morgan fingerprint density at radius 1 is 1.59 bits per heavy atom. The van der Waals surface area contributed by atoms with Gasteiger partial charge in [0.15, 0.2) is 0 Å². The van der Waals surface area contributed by atoms with Crippen molar-refractivity contribution in [3.63, 3.8) is 0 Å². The number of likely N-dealkylation sites (tertiary alicyclic amines) is 1. The average Bonchev–Trinajstić information content (AvgIpc) is 2.82. The molecule has 94 valence electrons. The Hall–Kier alpha value is -0.910. The van der Waals surface area contributed by atoms with E-state index in [1.165, 1.54) is 11.3 Å². The Labute approximate surface area is 105 Å². The molecule has 1 aromatic rings. The van der Waals surface area contributed by atoms with Crippen LogP contribution in [0.4, 0.5) is 0 Å². The number of nitrogens with zero attached hydrogens (tertiary/aromatic N) is 1. The second-order valence-corrected chi connectivity index (χ2v) is 5.47. The lowest BCUT2D eigenvalue weighted by Crippen LogP contribution is -2.50. The second kappa shape index (κ2) is 5.16. The monoisotopic (exact) mass is 254 g/mol. The van der Waals surface area contributed by atoms with Crippen LogP contribution in [0.5, 0.6) is 0 Å². The molecule has 0 aliphatic carbocycles. The molecule has 0 aromatic carbocycles. The smallest absolute Gasteiger partial charge is 0.263 e. The molecule has 0 saturated carbocycles. The van der Waals surface area contributed by atoms with Crippen LogP contribution >= 0.6 is 11.3 Å². The summed E-state index contributed by atoms with van der Waals surface area (Å²) in [6.07, 6.45) is 1.29. The van der Waals surface area contributed by atoms with Crippen LogP contribution in [0.3, 0.4) is 0 Å². The maximum Gasteiger partial charge on any atom is 0.263 e. The van der Waals surface area contributed by atoms with Crippen LogP contribution in [0.25, 0.3) is 0 Å². The predicted molar refractivity (Wildman–Crippen MR) is 68.3 cm³/mol. The van der Waals surface area contributed by atoms with Gasteiger partial charge >= 0.3 is 0 Å². The van der Waals surface area contributed by atoms with Crippen molar-refractivity contribution in [2.45, 2.75) is 18.4 Å². The Kier molecular flexibility index (Phi) is 3.81. The van der Waals surface area contributed by atoms with Gasteiger partial charge in [-0.05, 0) is 31.3 Å². The number of hydrogen-bond donors (Lipinski definition) is 2. The molecular formula is C12H18N2O2S. The summed E-state index contributed by atoms with van der Waals surface area (Å²) in [7, 11) is 1.83. The van der Waals surface area contributed by atoms with E-state index in [0.717, 1.165) is 4.88 Å². The number of carbonyl (C=O) groups is 1. The standard InChI is InChI=1S/C12H18N2O2S/c1-13-9-12(16)4-6-14(7-5-12)11(15)10-3-2-8-17-10/h2-3,8,13,16H,4-7,9H2,1H3. The summed E-state index contributed by atoms with van der Waals surface area (Å²) in [6.45, 7) is 1.86. The van der Waals surface area contributed by atoms with Gasteiger partial charge in [0.05, 0.1) is 10.5 Å². The van der Waals surface area contributed by atoms with Crippen LogP contribution in [0.1, 0.15) is 22.5 Å². The van der Waals surface area contributed by atoms with Gasteiger partial charge in [0.25, 0.3) is 5.91 Å². The van der Waals surface area contributed by atoms with Gasteiger partial charge in [-0.1, -0.05) is 6.07 Å². The van der Waals surface area contributed by atoms with Gasteiger partial charge in [-0.25, -0.2) is 0 Å². The first-order chi connectivity index (χ1) is 8.14. The van der Waals surface area contributed by atoms with Crippen molar-refractivity contribution < 1.29 is 9.90 Å². The molecule has 17 heavy (non-hydrogen) atoms. The number of nitrogens with one attached hydrogen (secondary N) is 1. The molecule has 1 amide bonds. The number of hydrogen-bond acceptors (Lipinski definition) is 4. The highest BCUT2D eigenvalue weighted by molar-refractivity contribution is 7.12. The topological polar surface area (TPSA) is 52.6 Å². The molecular weight excluding hydrogens is 236 g/mol. The third-order valence-corrected chi connectivity index (χ3v) is 4.08. The lowest BCUT2D eigenvalue weighted by Gasteiger charge is -2.38. The number of likely N-dealkylation sites (N-methyl/N-ethyl adjacent to an activating group) is 1. The molecule has 0 unspecified atom stereocenters. The van der Waals surface area contributed by atoms with Crippen molar-refractivity contribution in [1.82, 2.24) is 10.2 Å². The van der Waals surface area contributed by atoms with E-state index in [0.29, 0.717) is 32.5 Å². The zero-order valence-electron chi connectivity index (χ0n) is 9.98. The highest BCUT2D eigenvalue weighted by atomic mass is 32.1. The number of carbonyl (C=O) groups excluding carboxylic acids is 1. The Balaban J connectivity index is 1.93. The van der Waals surface area contributed by atoms with Crippen LogP contribution in [-0.2, 0) is 0 Å². The number of rotatable bonds is 3. The molecule has 0 spiro atoms. The number of aliphatic hydroxyl groups is 1. The zero-order chi connectivity index (χ0) is 12.3. The average molecular weight is 254 g/mol. The summed E-state index contributed by atoms with van der Waals surface area (Å²) in [5.74, 6) is 0.0894. The normalized spacial score (nSPS) is 19.3. The van der Waals surface area contributed by atoms with E-state index in [-0.39, 0.29) is 5.91 Å². The molecule has 4 nitrogen and oxygen atoms in total. The quantitative estimate of drug-likeness (QED) is 0.844. The van der Waals surface area contributed by atoms with Gasteiger partial charge in [0.2, 0.25) is 0 Å². The summed E-state index contributed by atoms with van der Waals surface area (Å²) < 4.78 is 0. The first kappa shape index (κ1) is 12.5. The molecule has 1 saturated heterocycles. The Morgan fingerprint density at radius 2 is 2.29 bits per heavy atom. The van der Waals surface area contributed by atoms with E-state index in [1.807, 2.05) is 29.5 Å². The largest absolute Gasteiger partial charge is 0.388 e. The molecule has 5 heteroatoms. The van der Waals surface area contributed by atoms with Gasteiger partial charge in [0, 0.05) is 19.6 Å². The minimum atomic E-state index is -0.652. The van der Waals surface area contributed by atoms with E-state index in [9.17, 15) is 9.90 Å². The third kappa shape index (κ3) is 2.86. The second-order valence-electron chi connectivity index (χ2n) is 4.52. The summed E-state index contributed by atoms with van der Waals surface area (Å²) in [5.41, 5.74) is -0.652. The summed E-state index contributed by atoms with van der Waals surface area (Å²) in [4.78, 5) is 14.7. The Bertz CT molecular complexity index is 370. The highest BCUT2D eigenvalue weighted by Gasteiger charge is 2.33. The van der Waals surface area contributed by atoms with Crippen molar-refractivity contribution in [3.8, 4) is 0 Å². The van der Waals surface area contributed by atoms with E-state index in [2.05, 4.69) is 5.32 Å². The molecule has 2 N–H and O–H groups in total. The SMILES string of the molecule is CNCC1(O)CCN(C(=O)c2cccs2)CC1. The minimum Gasteiger partial charge on any atom is -0.388 e. The van der Waals surface area contributed by atoms with Gasteiger partial charge in [-0.15, -0.1) is 11.3 Å². The fourth-order valence-corrected chi connectivity index (χ4v) is 2.88.